The minimum absolute atomic E-state index is 0.119. The Hall–Kier alpha value is -1.34. The highest BCUT2D eigenvalue weighted by atomic mass is 79.9. The second-order valence-electron chi connectivity index (χ2n) is 3.66. The Morgan fingerprint density at radius 1 is 1.47 bits per heavy atom. The number of carbonyl (C=O) groups excluding carboxylic acids is 1. The highest BCUT2D eigenvalue weighted by Gasteiger charge is 2.18. The van der Waals surface area contributed by atoms with Crippen molar-refractivity contribution < 1.29 is 9.53 Å². The standard InChI is InChI=1S/C12H11Br2N3O2/c1-2-19-12(18)10-11(15)17(6-16-10)9-5-7(13)3-4-8(9)14/h3-6H,2,15H2,1H3. The number of esters is 1. The zero-order valence-corrected chi connectivity index (χ0v) is 13.2. The SMILES string of the molecule is CCOC(=O)c1ncn(-c2cc(Br)ccc2Br)c1N. The number of aromatic nitrogens is 2. The number of ether oxygens (including phenoxy) is 1. The Morgan fingerprint density at radius 2 is 2.21 bits per heavy atom. The summed E-state index contributed by atoms with van der Waals surface area (Å²) in [5.41, 5.74) is 6.86. The highest BCUT2D eigenvalue weighted by Crippen LogP contribution is 2.28. The number of nitrogens with zero attached hydrogens (tertiary/aromatic N) is 2. The maximum Gasteiger partial charge on any atom is 0.360 e. The first-order valence-electron chi connectivity index (χ1n) is 5.50. The Balaban J connectivity index is 2.47. The molecule has 7 heteroatoms. The molecule has 0 aliphatic rings. The van der Waals surface area contributed by atoms with Crippen LogP contribution in [0.15, 0.2) is 33.5 Å². The molecule has 0 fully saturated rings. The lowest BCUT2D eigenvalue weighted by molar-refractivity contribution is 0.0521. The third kappa shape index (κ3) is 2.82. The molecule has 0 amide bonds. The van der Waals surface area contributed by atoms with Gasteiger partial charge in [-0.3, -0.25) is 4.57 Å². The molecule has 2 N–H and O–H groups in total. The van der Waals surface area contributed by atoms with Crippen molar-refractivity contribution in [2.75, 3.05) is 12.3 Å². The van der Waals surface area contributed by atoms with Crippen LogP contribution in [-0.2, 0) is 4.74 Å². The first kappa shape index (κ1) is 14.1. The fourth-order valence-corrected chi connectivity index (χ4v) is 2.36. The van der Waals surface area contributed by atoms with Crippen molar-refractivity contribution in [3.63, 3.8) is 0 Å². The number of hydrogen-bond donors (Lipinski definition) is 1. The smallest absolute Gasteiger partial charge is 0.360 e. The number of nitrogen functional groups attached to an aromatic ring is 1. The van der Waals surface area contributed by atoms with Gasteiger partial charge in [-0.2, -0.15) is 0 Å². The van der Waals surface area contributed by atoms with Crippen LogP contribution >= 0.6 is 31.9 Å². The summed E-state index contributed by atoms with van der Waals surface area (Å²) in [4.78, 5) is 15.7. The van der Waals surface area contributed by atoms with Crippen molar-refractivity contribution in [2.24, 2.45) is 0 Å². The minimum atomic E-state index is -0.523. The topological polar surface area (TPSA) is 70.1 Å². The van der Waals surface area contributed by atoms with Gasteiger partial charge in [0.2, 0.25) is 0 Å². The molecule has 0 spiro atoms. The lowest BCUT2D eigenvalue weighted by Gasteiger charge is -2.08. The summed E-state index contributed by atoms with van der Waals surface area (Å²) < 4.78 is 8.26. The van der Waals surface area contributed by atoms with Gasteiger partial charge in [-0.1, -0.05) is 15.9 Å². The Labute approximate surface area is 127 Å². The second kappa shape index (κ2) is 5.75. The van der Waals surface area contributed by atoms with E-state index in [0.717, 1.165) is 14.6 Å². The molecule has 1 aromatic carbocycles. The molecule has 0 unspecified atom stereocenters. The Bertz CT molecular complexity index is 625. The Morgan fingerprint density at radius 3 is 2.89 bits per heavy atom. The predicted molar refractivity (Wildman–Crippen MR) is 79.3 cm³/mol. The van der Waals surface area contributed by atoms with Crippen molar-refractivity contribution in [1.29, 1.82) is 0 Å². The second-order valence-corrected chi connectivity index (χ2v) is 5.43. The third-order valence-electron chi connectivity index (χ3n) is 2.44. The third-order valence-corrected chi connectivity index (χ3v) is 3.60. The van der Waals surface area contributed by atoms with Gasteiger partial charge in [0.1, 0.15) is 12.1 Å². The molecule has 1 heterocycles. The summed E-state index contributed by atoms with van der Waals surface area (Å²) in [5, 5.41) is 0. The molecular weight excluding hydrogens is 378 g/mol. The summed E-state index contributed by atoms with van der Waals surface area (Å²) in [5.74, 6) is -0.276. The molecule has 0 bridgehead atoms. The summed E-state index contributed by atoms with van der Waals surface area (Å²) >= 11 is 6.83. The summed E-state index contributed by atoms with van der Waals surface area (Å²) in [6.07, 6.45) is 1.49. The molecule has 0 aliphatic heterocycles. The number of carbonyl (C=O) groups is 1. The van der Waals surface area contributed by atoms with E-state index in [1.165, 1.54) is 6.33 Å². The van der Waals surface area contributed by atoms with Crippen LogP contribution in [0.3, 0.4) is 0 Å². The molecule has 2 aromatic rings. The van der Waals surface area contributed by atoms with E-state index in [-0.39, 0.29) is 18.1 Å². The van der Waals surface area contributed by atoms with E-state index in [1.807, 2.05) is 18.2 Å². The molecular formula is C12H11Br2N3O2. The van der Waals surface area contributed by atoms with Gasteiger partial charge in [-0.25, -0.2) is 9.78 Å². The van der Waals surface area contributed by atoms with Gasteiger partial charge in [0, 0.05) is 8.95 Å². The van der Waals surface area contributed by atoms with E-state index in [2.05, 4.69) is 36.8 Å². The Kier molecular flexibility index (Phi) is 4.26. The van der Waals surface area contributed by atoms with E-state index in [9.17, 15) is 4.79 Å². The zero-order valence-electron chi connectivity index (χ0n) is 10.1. The molecule has 0 saturated heterocycles. The van der Waals surface area contributed by atoms with Crippen LogP contribution in [0.4, 0.5) is 5.82 Å². The monoisotopic (exact) mass is 387 g/mol. The van der Waals surface area contributed by atoms with Gasteiger partial charge >= 0.3 is 5.97 Å². The average molecular weight is 389 g/mol. The molecule has 0 atom stereocenters. The number of rotatable bonds is 3. The van der Waals surface area contributed by atoms with Crippen molar-refractivity contribution in [1.82, 2.24) is 9.55 Å². The van der Waals surface area contributed by atoms with Crippen LogP contribution < -0.4 is 5.73 Å². The number of anilines is 1. The largest absolute Gasteiger partial charge is 0.461 e. The van der Waals surface area contributed by atoms with Gasteiger partial charge < -0.3 is 10.5 Å². The fourth-order valence-electron chi connectivity index (χ4n) is 1.58. The van der Waals surface area contributed by atoms with Crippen molar-refractivity contribution in [3.05, 3.63) is 39.2 Å². The van der Waals surface area contributed by atoms with Gasteiger partial charge in [0.15, 0.2) is 5.69 Å². The lowest BCUT2D eigenvalue weighted by atomic mass is 10.3. The van der Waals surface area contributed by atoms with Gasteiger partial charge in [-0.15, -0.1) is 0 Å². The predicted octanol–water partition coefficient (Wildman–Crippen LogP) is 3.16. The number of hydrogen-bond acceptors (Lipinski definition) is 4. The van der Waals surface area contributed by atoms with E-state index >= 15 is 0 Å². The summed E-state index contributed by atoms with van der Waals surface area (Å²) in [6, 6.07) is 5.65. The maximum atomic E-state index is 11.7. The average Bonchev–Trinajstić information content (AvgIpc) is 2.74. The number of imidazole rings is 1. The van der Waals surface area contributed by atoms with E-state index in [0.29, 0.717) is 0 Å². The summed E-state index contributed by atoms with van der Waals surface area (Å²) in [6.45, 7) is 2.02. The first-order valence-corrected chi connectivity index (χ1v) is 7.08. The van der Waals surface area contributed by atoms with Crippen LogP contribution in [0.1, 0.15) is 17.4 Å². The van der Waals surface area contributed by atoms with Crippen molar-refractivity contribution in [3.8, 4) is 5.69 Å². The van der Waals surface area contributed by atoms with Gasteiger partial charge in [-0.05, 0) is 41.1 Å². The quantitative estimate of drug-likeness (QED) is 0.820. The summed E-state index contributed by atoms with van der Waals surface area (Å²) in [7, 11) is 0. The van der Waals surface area contributed by atoms with E-state index < -0.39 is 5.97 Å². The molecule has 5 nitrogen and oxygen atoms in total. The lowest BCUT2D eigenvalue weighted by Crippen LogP contribution is -2.09. The van der Waals surface area contributed by atoms with Crippen LogP contribution in [0.2, 0.25) is 0 Å². The molecule has 100 valence electrons. The van der Waals surface area contributed by atoms with Crippen molar-refractivity contribution in [2.45, 2.75) is 6.92 Å². The molecule has 2 rings (SSSR count). The molecule has 19 heavy (non-hydrogen) atoms. The number of benzene rings is 1. The van der Waals surface area contributed by atoms with Gasteiger partial charge in [0.25, 0.3) is 0 Å². The normalized spacial score (nSPS) is 10.5. The van der Waals surface area contributed by atoms with Crippen LogP contribution in [0, 0.1) is 0 Å². The molecule has 1 aromatic heterocycles. The van der Waals surface area contributed by atoms with E-state index in [1.54, 1.807) is 11.5 Å². The molecule has 0 saturated carbocycles. The van der Waals surface area contributed by atoms with Crippen LogP contribution in [0.25, 0.3) is 5.69 Å². The van der Waals surface area contributed by atoms with Crippen molar-refractivity contribution >= 4 is 43.6 Å². The first-order chi connectivity index (χ1) is 9.04. The van der Waals surface area contributed by atoms with E-state index in [4.69, 9.17) is 10.5 Å². The van der Waals surface area contributed by atoms with Crippen LogP contribution in [0.5, 0.6) is 0 Å². The molecule has 0 aliphatic carbocycles. The fraction of sp³-hybridized carbons (Fsp3) is 0.167. The number of halogens is 2. The maximum absolute atomic E-state index is 11.7. The zero-order chi connectivity index (χ0) is 14.0. The highest BCUT2D eigenvalue weighted by molar-refractivity contribution is 9.11. The number of nitrogens with two attached hydrogens (primary N) is 1. The van der Waals surface area contributed by atoms with Gasteiger partial charge in [0.05, 0.1) is 12.3 Å². The molecule has 0 radical (unpaired) electrons. The van der Waals surface area contributed by atoms with Crippen LogP contribution in [-0.4, -0.2) is 22.1 Å². The minimum Gasteiger partial charge on any atom is -0.461 e.